The number of nitrogens with zero attached hydrogens (tertiary/aromatic N) is 2. The van der Waals surface area contributed by atoms with Crippen LogP contribution in [0.4, 0.5) is 4.79 Å². The van der Waals surface area contributed by atoms with Crippen LogP contribution in [0.2, 0.25) is 0 Å². The topological polar surface area (TPSA) is 91.0 Å². The molecule has 0 radical (unpaired) electrons. The Kier molecular flexibility index (Phi) is 7.18. The average molecular weight is 417 g/mol. The van der Waals surface area contributed by atoms with E-state index in [9.17, 15) is 14.4 Å². The number of nitrogens with one attached hydrogen (secondary N) is 2. The van der Waals surface area contributed by atoms with Crippen LogP contribution in [0, 0.1) is 0 Å². The zero-order chi connectivity index (χ0) is 21.7. The number of methoxy groups -OCH3 is 1. The zero-order valence-corrected chi connectivity index (χ0v) is 18.0. The maximum absolute atomic E-state index is 12.7. The molecule has 3 rings (SSSR count). The molecule has 8 nitrogen and oxygen atoms in total. The first kappa shape index (κ1) is 21.9. The molecule has 4 amide bonds. The molecule has 1 saturated heterocycles. The number of hydrogen-bond acceptors (Lipinski definition) is 4. The molecule has 0 bridgehead atoms. The van der Waals surface area contributed by atoms with Crippen molar-refractivity contribution < 1.29 is 19.1 Å². The van der Waals surface area contributed by atoms with Crippen LogP contribution < -0.4 is 15.4 Å². The summed E-state index contributed by atoms with van der Waals surface area (Å²) >= 11 is 0. The summed E-state index contributed by atoms with van der Waals surface area (Å²) in [5, 5.41) is 6.21. The highest BCUT2D eigenvalue weighted by atomic mass is 16.5. The summed E-state index contributed by atoms with van der Waals surface area (Å²) in [4.78, 5) is 40.6. The second-order valence-corrected chi connectivity index (χ2v) is 8.29. The van der Waals surface area contributed by atoms with Gasteiger partial charge in [0.2, 0.25) is 5.91 Å². The highest BCUT2D eigenvalue weighted by Gasteiger charge is 2.36. The minimum Gasteiger partial charge on any atom is -0.497 e. The molecule has 164 valence electrons. The Bertz CT molecular complexity index is 757. The SMILES string of the molecule is COc1ccc(C(=O)NC2CCC(NC(=O)[C@H]3CCCN3C(=O)N(C)C)CC2)cc1. The molecule has 1 aromatic carbocycles. The van der Waals surface area contributed by atoms with Gasteiger partial charge >= 0.3 is 6.03 Å². The Morgan fingerprint density at radius 1 is 0.967 bits per heavy atom. The molecule has 0 unspecified atom stereocenters. The van der Waals surface area contributed by atoms with E-state index < -0.39 is 0 Å². The summed E-state index contributed by atoms with van der Waals surface area (Å²) in [5.74, 6) is 0.568. The van der Waals surface area contributed by atoms with Gasteiger partial charge in [0.05, 0.1) is 7.11 Å². The van der Waals surface area contributed by atoms with E-state index in [1.807, 2.05) is 0 Å². The van der Waals surface area contributed by atoms with Gasteiger partial charge < -0.3 is 25.2 Å². The van der Waals surface area contributed by atoms with Gasteiger partial charge in [-0.3, -0.25) is 9.59 Å². The van der Waals surface area contributed by atoms with E-state index in [0.717, 1.165) is 37.9 Å². The molecule has 1 aliphatic carbocycles. The van der Waals surface area contributed by atoms with E-state index in [1.54, 1.807) is 50.4 Å². The van der Waals surface area contributed by atoms with Crippen molar-refractivity contribution in [3.05, 3.63) is 29.8 Å². The maximum Gasteiger partial charge on any atom is 0.320 e. The number of benzene rings is 1. The molecular formula is C22H32N4O4. The van der Waals surface area contributed by atoms with Crippen molar-refractivity contribution in [1.29, 1.82) is 0 Å². The lowest BCUT2D eigenvalue weighted by Crippen LogP contribution is -2.52. The van der Waals surface area contributed by atoms with Crippen LogP contribution >= 0.6 is 0 Å². The predicted octanol–water partition coefficient (Wildman–Crippen LogP) is 2.00. The first-order chi connectivity index (χ1) is 14.4. The number of carbonyl (C=O) groups is 3. The zero-order valence-electron chi connectivity index (χ0n) is 18.0. The Hall–Kier alpha value is -2.77. The van der Waals surface area contributed by atoms with E-state index in [1.165, 1.54) is 4.90 Å². The summed E-state index contributed by atoms with van der Waals surface area (Å²) in [6, 6.07) is 6.74. The van der Waals surface area contributed by atoms with Gasteiger partial charge in [0.15, 0.2) is 0 Å². The molecule has 2 N–H and O–H groups in total. The van der Waals surface area contributed by atoms with Crippen molar-refractivity contribution in [2.75, 3.05) is 27.7 Å². The molecule has 1 atom stereocenters. The molecule has 1 aromatic rings. The minimum absolute atomic E-state index is 0.0616. The van der Waals surface area contributed by atoms with Crippen molar-refractivity contribution in [3.8, 4) is 5.75 Å². The fourth-order valence-corrected chi connectivity index (χ4v) is 4.22. The molecule has 1 aliphatic heterocycles. The third kappa shape index (κ3) is 5.23. The Balaban J connectivity index is 1.45. The van der Waals surface area contributed by atoms with Crippen molar-refractivity contribution in [1.82, 2.24) is 20.4 Å². The summed E-state index contributed by atoms with van der Waals surface area (Å²) in [7, 11) is 5.00. The average Bonchev–Trinajstić information content (AvgIpc) is 3.24. The molecule has 1 saturated carbocycles. The van der Waals surface area contributed by atoms with Gasteiger partial charge in [-0.05, 0) is 62.8 Å². The van der Waals surface area contributed by atoms with Crippen LogP contribution in [0.5, 0.6) is 5.75 Å². The second-order valence-electron chi connectivity index (χ2n) is 8.29. The van der Waals surface area contributed by atoms with Crippen molar-refractivity contribution in [2.45, 2.75) is 56.7 Å². The van der Waals surface area contributed by atoms with Gasteiger partial charge in [-0.1, -0.05) is 0 Å². The molecule has 0 spiro atoms. The normalized spacial score (nSPS) is 23.6. The van der Waals surface area contributed by atoms with Crippen molar-refractivity contribution >= 4 is 17.8 Å². The molecule has 0 aromatic heterocycles. The summed E-state index contributed by atoms with van der Waals surface area (Å²) in [6.07, 6.45) is 4.82. The number of urea groups is 1. The number of carbonyl (C=O) groups excluding carboxylic acids is 3. The van der Waals surface area contributed by atoms with Crippen LogP contribution in [0.1, 0.15) is 48.9 Å². The Morgan fingerprint density at radius 3 is 2.13 bits per heavy atom. The van der Waals surface area contributed by atoms with E-state index in [-0.39, 0.29) is 36.0 Å². The van der Waals surface area contributed by atoms with E-state index in [0.29, 0.717) is 18.5 Å². The third-order valence-electron chi connectivity index (χ3n) is 5.94. The van der Waals surface area contributed by atoms with E-state index in [4.69, 9.17) is 4.74 Å². The van der Waals surface area contributed by atoms with E-state index >= 15 is 0 Å². The van der Waals surface area contributed by atoms with Crippen LogP contribution in [0.3, 0.4) is 0 Å². The van der Waals surface area contributed by atoms with Crippen LogP contribution in [0.15, 0.2) is 24.3 Å². The van der Waals surface area contributed by atoms with Crippen molar-refractivity contribution in [2.24, 2.45) is 0 Å². The number of hydrogen-bond donors (Lipinski definition) is 2. The molecular weight excluding hydrogens is 384 g/mol. The van der Waals surface area contributed by atoms with Gasteiger partial charge in [-0.2, -0.15) is 0 Å². The largest absolute Gasteiger partial charge is 0.497 e. The fraction of sp³-hybridized carbons (Fsp3) is 0.591. The second kappa shape index (κ2) is 9.82. The van der Waals surface area contributed by atoms with Crippen LogP contribution in [-0.2, 0) is 4.79 Å². The quantitative estimate of drug-likeness (QED) is 0.768. The standard InChI is InChI=1S/C22H32N4O4/c1-25(2)22(29)26-14-4-5-19(26)21(28)24-17-10-8-16(9-11-17)23-20(27)15-6-12-18(30-3)13-7-15/h6-7,12-13,16-17,19H,4-5,8-11,14H2,1-3H3,(H,23,27)(H,24,28)/t16?,17?,19-/m1/s1. The lowest BCUT2D eigenvalue weighted by atomic mass is 9.90. The fourth-order valence-electron chi connectivity index (χ4n) is 4.22. The first-order valence-electron chi connectivity index (χ1n) is 10.6. The number of rotatable bonds is 5. The molecule has 30 heavy (non-hydrogen) atoms. The molecule has 8 heteroatoms. The van der Waals surface area contributed by atoms with Crippen LogP contribution in [0.25, 0.3) is 0 Å². The Morgan fingerprint density at radius 2 is 1.57 bits per heavy atom. The van der Waals surface area contributed by atoms with Crippen LogP contribution in [-0.4, -0.2) is 73.5 Å². The summed E-state index contributed by atoms with van der Waals surface area (Å²) in [6.45, 7) is 0.624. The number of ether oxygens (including phenoxy) is 1. The summed E-state index contributed by atoms with van der Waals surface area (Å²) < 4.78 is 5.12. The third-order valence-corrected chi connectivity index (χ3v) is 5.94. The van der Waals surface area contributed by atoms with Crippen molar-refractivity contribution in [3.63, 3.8) is 0 Å². The number of likely N-dealkylation sites (tertiary alicyclic amines) is 1. The minimum atomic E-state index is -0.382. The number of amides is 4. The van der Waals surface area contributed by atoms with E-state index in [2.05, 4.69) is 10.6 Å². The monoisotopic (exact) mass is 416 g/mol. The maximum atomic E-state index is 12.7. The first-order valence-corrected chi connectivity index (χ1v) is 10.6. The van der Waals surface area contributed by atoms with Gasteiger partial charge in [0.25, 0.3) is 5.91 Å². The van der Waals surface area contributed by atoms with Gasteiger partial charge in [0.1, 0.15) is 11.8 Å². The lowest BCUT2D eigenvalue weighted by Gasteiger charge is -2.32. The smallest absolute Gasteiger partial charge is 0.320 e. The van der Waals surface area contributed by atoms with Gasteiger partial charge in [0, 0.05) is 38.3 Å². The molecule has 1 heterocycles. The Labute approximate surface area is 177 Å². The summed E-state index contributed by atoms with van der Waals surface area (Å²) in [5.41, 5.74) is 0.609. The predicted molar refractivity (Wildman–Crippen MR) is 113 cm³/mol. The lowest BCUT2D eigenvalue weighted by molar-refractivity contribution is -0.125. The molecule has 2 aliphatic rings. The highest BCUT2D eigenvalue weighted by Crippen LogP contribution is 2.22. The highest BCUT2D eigenvalue weighted by molar-refractivity contribution is 5.94. The van der Waals surface area contributed by atoms with Gasteiger partial charge in [-0.25, -0.2) is 4.79 Å². The molecule has 2 fully saturated rings. The van der Waals surface area contributed by atoms with Gasteiger partial charge in [-0.15, -0.1) is 0 Å².